The van der Waals surface area contributed by atoms with E-state index in [0.29, 0.717) is 12.8 Å². The summed E-state index contributed by atoms with van der Waals surface area (Å²) in [6.45, 7) is 0.243. The summed E-state index contributed by atoms with van der Waals surface area (Å²) in [4.78, 5) is 23.5. The fraction of sp³-hybridized carbons (Fsp3) is 0.421. The number of esters is 1. The number of nitrogens with one attached hydrogen (secondary N) is 1. The Morgan fingerprint density at radius 2 is 1.93 bits per heavy atom. The fourth-order valence-electron chi connectivity index (χ4n) is 2.72. The Bertz CT molecular complexity index is 838. The van der Waals surface area contributed by atoms with Crippen LogP contribution in [0.3, 0.4) is 0 Å². The zero-order valence-corrected chi connectivity index (χ0v) is 16.2. The highest BCUT2D eigenvalue weighted by atomic mass is 32.2. The smallest absolute Gasteiger partial charge is 0.309 e. The Balaban J connectivity index is 1.78. The maximum atomic E-state index is 12.4. The van der Waals surface area contributed by atoms with Crippen LogP contribution in [0.4, 0.5) is 0 Å². The number of rotatable bonds is 8. The molecule has 2 rings (SSSR count). The van der Waals surface area contributed by atoms with Crippen molar-refractivity contribution in [2.45, 2.75) is 19.3 Å². The predicted octanol–water partition coefficient (Wildman–Crippen LogP) is 1.27. The number of piperidine rings is 1. The van der Waals surface area contributed by atoms with Crippen LogP contribution in [0.5, 0.6) is 0 Å². The molecule has 1 amide bonds. The van der Waals surface area contributed by atoms with Gasteiger partial charge in [-0.3, -0.25) is 9.59 Å². The first-order chi connectivity index (χ1) is 13.4. The summed E-state index contributed by atoms with van der Waals surface area (Å²) >= 11 is 0. The van der Waals surface area contributed by atoms with E-state index in [9.17, 15) is 18.0 Å². The number of carbonyl (C=O) groups excluding carboxylic acids is 2. The first-order valence-corrected chi connectivity index (χ1v) is 10.5. The number of ether oxygens (including phenoxy) is 1. The van der Waals surface area contributed by atoms with E-state index in [1.165, 1.54) is 9.71 Å². The summed E-state index contributed by atoms with van der Waals surface area (Å²) in [7, 11) is -3.56. The number of hydrogen-bond acceptors (Lipinski definition) is 6. The second kappa shape index (κ2) is 10.6. The summed E-state index contributed by atoms with van der Waals surface area (Å²) in [5, 5.41) is 12.0. The minimum atomic E-state index is -3.56. The summed E-state index contributed by atoms with van der Waals surface area (Å²) in [5.41, 5.74) is 0.789. The normalized spacial score (nSPS) is 15.8. The van der Waals surface area contributed by atoms with E-state index >= 15 is 0 Å². The monoisotopic (exact) mass is 405 g/mol. The van der Waals surface area contributed by atoms with Gasteiger partial charge in [0.1, 0.15) is 0 Å². The molecular weight excluding hydrogens is 382 g/mol. The largest absolute Gasteiger partial charge is 0.455 e. The minimum absolute atomic E-state index is 0.186. The third kappa shape index (κ3) is 6.79. The van der Waals surface area contributed by atoms with Gasteiger partial charge >= 0.3 is 5.97 Å². The molecule has 150 valence electrons. The first-order valence-electron chi connectivity index (χ1n) is 8.96. The topological polar surface area (TPSA) is 117 Å². The molecule has 0 unspecified atom stereocenters. The number of hydrogen-bond donors (Lipinski definition) is 1. The molecule has 1 heterocycles. The molecule has 1 fully saturated rings. The molecule has 8 nitrogen and oxygen atoms in total. The molecule has 0 atom stereocenters. The molecule has 1 saturated heterocycles. The minimum Gasteiger partial charge on any atom is -0.455 e. The van der Waals surface area contributed by atoms with E-state index in [1.54, 1.807) is 6.08 Å². The number of nitriles is 1. The maximum Gasteiger partial charge on any atom is 0.309 e. The van der Waals surface area contributed by atoms with Crippen LogP contribution in [0.2, 0.25) is 0 Å². The molecule has 0 aromatic heterocycles. The molecule has 0 bridgehead atoms. The number of nitrogens with zero attached hydrogens (tertiary/aromatic N) is 2. The van der Waals surface area contributed by atoms with E-state index in [0.717, 1.165) is 5.56 Å². The van der Waals surface area contributed by atoms with Gasteiger partial charge in [-0.2, -0.15) is 9.57 Å². The molecular formula is C19H23N3O5S. The predicted molar refractivity (Wildman–Crippen MR) is 103 cm³/mol. The van der Waals surface area contributed by atoms with Gasteiger partial charge in [-0.15, -0.1) is 0 Å². The van der Waals surface area contributed by atoms with Gasteiger partial charge in [0.25, 0.3) is 5.91 Å². The van der Waals surface area contributed by atoms with Crippen molar-refractivity contribution < 1.29 is 22.7 Å². The standard InChI is InChI=1S/C19H23N3O5S/c20-10-4-11-21-18(23)15-27-19(24)17-7-12-22(13-8-17)28(25,26)14-9-16-5-2-1-3-6-16/h1-3,5-6,9,14,17H,4,7-8,11-13,15H2,(H,21,23)/b14-9+. The van der Waals surface area contributed by atoms with Crippen LogP contribution in [0, 0.1) is 17.2 Å². The van der Waals surface area contributed by atoms with Crippen molar-refractivity contribution in [1.29, 1.82) is 5.26 Å². The van der Waals surface area contributed by atoms with Gasteiger partial charge in [0.15, 0.2) is 6.61 Å². The van der Waals surface area contributed by atoms with Crippen LogP contribution in [0.25, 0.3) is 6.08 Å². The molecule has 1 aliphatic rings. The van der Waals surface area contributed by atoms with Crippen LogP contribution in [-0.2, 0) is 24.3 Å². The molecule has 28 heavy (non-hydrogen) atoms. The average Bonchev–Trinajstić information content (AvgIpc) is 2.71. The molecule has 1 aromatic carbocycles. The Hall–Kier alpha value is -2.70. The summed E-state index contributed by atoms with van der Waals surface area (Å²) in [5.74, 6) is -1.40. The third-order valence-electron chi connectivity index (χ3n) is 4.28. The van der Waals surface area contributed by atoms with Gasteiger partial charge in [0, 0.05) is 25.0 Å². The molecule has 0 spiro atoms. The van der Waals surface area contributed by atoms with E-state index in [-0.39, 0.29) is 26.1 Å². The van der Waals surface area contributed by atoms with Gasteiger partial charge in [-0.05, 0) is 24.5 Å². The van der Waals surface area contributed by atoms with Crippen molar-refractivity contribution >= 4 is 28.0 Å². The lowest BCUT2D eigenvalue weighted by Gasteiger charge is -2.29. The Kier molecular flexibility index (Phi) is 8.17. The maximum absolute atomic E-state index is 12.4. The Labute approximate surface area is 164 Å². The SMILES string of the molecule is N#CCCNC(=O)COC(=O)C1CCN(S(=O)(=O)/C=C/c2ccccc2)CC1. The Morgan fingerprint density at radius 3 is 2.57 bits per heavy atom. The fourth-order valence-corrected chi connectivity index (χ4v) is 3.95. The summed E-state index contributed by atoms with van der Waals surface area (Å²) < 4.78 is 31.2. The lowest BCUT2D eigenvalue weighted by molar-refractivity contribution is -0.153. The second-order valence-corrected chi connectivity index (χ2v) is 8.12. The quantitative estimate of drug-likeness (QED) is 0.514. The highest BCUT2D eigenvalue weighted by Gasteiger charge is 2.31. The number of sulfonamides is 1. The summed E-state index contributed by atoms with van der Waals surface area (Å²) in [6, 6.07) is 11.0. The van der Waals surface area contributed by atoms with Crippen molar-refractivity contribution in [3.8, 4) is 6.07 Å². The van der Waals surface area contributed by atoms with Crippen LogP contribution < -0.4 is 5.32 Å². The van der Waals surface area contributed by atoms with Gasteiger partial charge < -0.3 is 10.1 Å². The number of carbonyl (C=O) groups is 2. The molecule has 9 heteroatoms. The van der Waals surface area contributed by atoms with Gasteiger partial charge in [-0.25, -0.2) is 8.42 Å². The van der Waals surface area contributed by atoms with Gasteiger partial charge in [0.05, 0.1) is 18.4 Å². The van der Waals surface area contributed by atoms with Crippen LogP contribution in [-0.4, -0.2) is 50.8 Å². The zero-order chi connectivity index (χ0) is 20.4. The third-order valence-corrected chi connectivity index (χ3v) is 5.85. The molecule has 0 saturated carbocycles. The number of amides is 1. The zero-order valence-electron chi connectivity index (χ0n) is 15.4. The first kappa shape index (κ1) is 21.6. The second-order valence-electron chi connectivity index (χ2n) is 6.30. The Morgan fingerprint density at radius 1 is 1.25 bits per heavy atom. The molecule has 1 aromatic rings. The van der Waals surface area contributed by atoms with Crippen molar-refractivity contribution in [3.63, 3.8) is 0 Å². The molecule has 1 aliphatic heterocycles. The average molecular weight is 405 g/mol. The van der Waals surface area contributed by atoms with Crippen molar-refractivity contribution in [2.75, 3.05) is 26.2 Å². The van der Waals surface area contributed by atoms with Crippen LogP contribution in [0.15, 0.2) is 35.7 Å². The van der Waals surface area contributed by atoms with E-state index in [1.807, 2.05) is 36.4 Å². The van der Waals surface area contributed by atoms with Gasteiger partial charge in [-0.1, -0.05) is 30.3 Å². The number of benzene rings is 1. The molecule has 1 N–H and O–H groups in total. The van der Waals surface area contributed by atoms with Crippen molar-refractivity contribution in [3.05, 3.63) is 41.3 Å². The summed E-state index contributed by atoms with van der Waals surface area (Å²) in [6.07, 6.45) is 2.41. The lowest BCUT2D eigenvalue weighted by atomic mass is 9.98. The molecule has 0 aliphatic carbocycles. The highest BCUT2D eigenvalue weighted by molar-refractivity contribution is 7.92. The molecule has 0 radical (unpaired) electrons. The lowest BCUT2D eigenvalue weighted by Crippen LogP contribution is -2.40. The van der Waals surface area contributed by atoms with Crippen molar-refractivity contribution in [2.24, 2.45) is 5.92 Å². The van der Waals surface area contributed by atoms with Gasteiger partial charge in [0.2, 0.25) is 10.0 Å². The van der Waals surface area contributed by atoms with E-state index in [4.69, 9.17) is 10.00 Å². The van der Waals surface area contributed by atoms with E-state index < -0.39 is 34.4 Å². The van der Waals surface area contributed by atoms with Crippen LogP contribution >= 0.6 is 0 Å². The van der Waals surface area contributed by atoms with Crippen molar-refractivity contribution in [1.82, 2.24) is 9.62 Å². The highest BCUT2D eigenvalue weighted by Crippen LogP contribution is 2.22. The van der Waals surface area contributed by atoms with Crippen LogP contribution in [0.1, 0.15) is 24.8 Å². The van der Waals surface area contributed by atoms with E-state index in [2.05, 4.69) is 5.32 Å².